The fraction of sp³-hybridized carbons (Fsp3) is 0.364. The third kappa shape index (κ3) is 4.08. The van der Waals surface area contributed by atoms with Crippen LogP contribution in [0, 0.1) is 5.82 Å². The quantitative estimate of drug-likeness (QED) is 0.466. The van der Waals surface area contributed by atoms with E-state index in [0.29, 0.717) is 5.56 Å². The SMILES string of the molecule is C[Si](C)(C)Oc1cc(F)c(Br)cc1C(=O)CCl. The van der Waals surface area contributed by atoms with Crippen LogP contribution in [-0.2, 0) is 0 Å². The van der Waals surface area contributed by atoms with E-state index in [9.17, 15) is 9.18 Å². The summed E-state index contributed by atoms with van der Waals surface area (Å²) in [7, 11) is -1.91. The number of ketones is 1. The molecule has 0 atom stereocenters. The van der Waals surface area contributed by atoms with E-state index in [-0.39, 0.29) is 21.9 Å². The van der Waals surface area contributed by atoms with Crippen molar-refractivity contribution in [1.82, 2.24) is 0 Å². The summed E-state index contributed by atoms with van der Waals surface area (Å²) in [6.07, 6.45) is 0. The normalized spacial score (nSPS) is 11.4. The van der Waals surface area contributed by atoms with Crippen molar-refractivity contribution in [2.75, 3.05) is 5.88 Å². The van der Waals surface area contributed by atoms with Crippen LogP contribution in [0.3, 0.4) is 0 Å². The minimum atomic E-state index is -1.91. The number of carbonyl (C=O) groups is 1. The zero-order valence-electron chi connectivity index (χ0n) is 9.81. The van der Waals surface area contributed by atoms with Crippen LogP contribution in [0.5, 0.6) is 5.75 Å². The number of benzene rings is 1. The highest BCUT2D eigenvalue weighted by Crippen LogP contribution is 2.29. The van der Waals surface area contributed by atoms with Crippen molar-refractivity contribution in [2.24, 2.45) is 0 Å². The number of Topliss-reactive ketones (excluding diaryl/α,β-unsaturated/α-hetero) is 1. The van der Waals surface area contributed by atoms with E-state index in [1.54, 1.807) is 0 Å². The van der Waals surface area contributed by atoms with Crippen molar-refractivity contribution in [3.63, 3.8) is 0 Å². The van der Waals surface area contributed by atoms with Crippen LogP contribution in [-0.4, -0.2) is 20.0 Å². The highest BCUT2D eigenvalue weighted by Gasteiger charge is 2.22. The van der Waals surface area contributed by atoms with Crippen LogP contribution in [0.2, 0.25) is 19.6 Å². The molecule has 0 aliphatic carbocycles. The Labute approximate surface area is 114 Å². The summed E-state index contributed by atoms with van der Waals surface area (Å²) >= 11 is 8.56. The van der Waals surface area contributed by atoms with Gasteiger partial charge in [0, 0.05) is 6.07 Å². The average molecular weight is 340 g/mol. The van der Waals surface area contributed by atoms with Gasteiger partial charge in [-0.05, 0) is 41.6 Å². The van der Waals surface area contributed by atoms with Crippen molar-refractivity contribution >= 4 is 41.6 Å². The molecule has 17 heavy (non-hydrogen) atoms. The van der Waals surface area contributed by atoms with Crippen molar-refractivity contribution in [3.05, 3.63) is 28.0 Å². The van der Waals surface area contributed by atoms with E-state index < -0.39 is 14.1 Å². The molecule has 0 fully saturated rings. The molecule has 6 heteroatoms. The first-order valence-corrected chi connectivity index (χ1v) is 9.75. The summed E-state index contributed by atoms with van der Waals surface area (Å²) < 4.78 is 19.4. The van der Waals surface area contributed by atoms with Crippen LogP contribution in [0.4, 0.5) is 4.39 Å². The Morgan fingerprint density at radius 3 is 2.53 bits per heavy atom. The van der Waals surface area contributed by atoms with Crippen LogP contribution in [0.25, 0.3) is 0 Å². The molecule has 0 aliphatic heterocycles. The Kier molecular flexibility index (Phi) is 4.74. The Morgan fingerprint density at radius 1 is 1.47 bits per heavy atom. The summed E-state index contributed by atoms with van der Waals surface area (Å²) in [4.78, 5) is 11.6. The van der Waals surface area contributed by atoms with Gasteiger partial charge in [0.2, 0.25) is 8.32 Å². The van der Waals surface area contributed by atoms with Crippen molar-refractivity contribution in [3.8, 4) is 5.75 Å². The van der Waals surface area contributed by atoms with E-state index in [1.165, 1.54) is 12.1 Å². The van der Waals surface area contributed by atoms with E-state index in [0.717, 1.165) is 0 Å². The van der Waals surface area contributed by atoms with Crippen molar-refractivity contribution in [1.29, 1.82) is 0 Å². The van der Waals surface area contributed by atoms with E-state index in [4.69, 9.17) is 16.0 Å². The first-order valence-electron chi connectivity index (χ1n) is 5.02. The van der Waals surface area contributed by atoms with Gasteiger partial charge < -0.3 is 4.43 Å². The van der Waals surface area contributed by atoms with E-state index in [2.05, 4.69) is 15.9 Å². The molecule has 0 spiro atoms. The molecule has 1 aromatic carbocycles. The van der Waals surface area contributed by atoms with Gasteiger partial charge in [0.25, 0.3) is 0 Å². The predicted octanol–water partition coefficient (Wildman–Crippen LogP) is 4.22. The molecular formula is C11H13BrClFO2Si. The number of alkyl halides is 1. The zero-order chi connectivity index (χ0) is 13.2. The Morgan fingerprint density at radius 2 is 2.06 bits per heavy atom. The number of carbonyl (C=O) groups excluding carboxylic acids is 1. The topological polar surface area (TPSA) is 26.3 Å². The molecule has 0 heterocycles. The molecule has 0 unspecified atom stereocenters. The first-order chi connectivity index (χ1) is 7.74. The second-order valence-electron chi connectivity index (χ2n) is 4.53. The van der Waals surface area contributed by atoms with Gasteiger partial charge in [-0.3, -0.25) is 4.79 Å². The van der Waals surface area contributed by atoms with Crippen LogP contribution in [0.1, 0.15) is 10.4 Å². The van der Waals surface area contributed by atoms with Crippen LogP contribution >= 0.6 is 27.5 Å². The average Bonchev–Trinajstić information content (AvgIpc) is 2.20. The van der Waals surface area contributed by atoms with Gasteiger partial charge in [0.05, 0.1) is 15.9 Å². The van der Waals surface area contributed by atoms with E-state index in [1.807, 2.05) is 19.6 Å². The van der Waals surface area contributed by atoms with Crippen LogP contribution < -0.4 is 4.43 Å². The summed E-state index contributed by atoms with van der Waals surface area (Å²) in [6.45, 7) is 5.88. The third-order valence-corrected chi connectivity index (χ3v) is 3.54. The molecule has 0 aliphatic rings. The summed E-state index contributed by atoms with van der Waals surface area (Å²) in [5.74, 6) is -0.611. The monoisotopic (exact) mass is 338 g/mol. The maximum atomic E-state index is 13.4. The lowest BCUT2D eigenvalue weighted by molar-refractivity contribution is 0.101. The Bertz CT molecular complexity index is 446. The summed E-state index contributed by atoms with van der Waals surface area (Å²) in [6, 6.07) is 2.64. The molecule has 1 aromatic rings. The minimum Gasteiger partial charge on any atom is -0.544 e. The fourth-order valence-electron chi connectivity index (χ4n) is 1.23. The third-order valence-electron chi connectivity index (χ3n) is 1.86. The highest BCUT2D eigenvalue weighted by atomic mass is 79.9. The van der Waals surface area contributed by atoms with Gasteiger partial charge >= 0.3 is 0 Å². The standard InChI is InChI=1S/C11H13BrClFO2Si/c1-17(2,3)16-11-5-9(14)8(12)4-7(11)10(15)6-13/h4-5H,6H2,1-3H3. The molecular weight excluding hydrogens is 327 g/mol. The maximum Gasteiger partial charge on any atom is 0.242 e. The zero-order valence-corrected chi connectivity index (χ0v) is 13.2. The summed E-state index contributed by atoms with van der Waals surface area (Å²) in [5, 5.41) is 0. The van der Waals surface area contributed by atoms with Gasteiger partial charge in [-0.25, -0.2) is 4.39 Å². The molecule has 2 nitrogen and oxygen atoms in total. The molecule has 0 radical (unpaired) electrons. The second-order valence-corrected chi connectivity index (χ2v) is 10.1. The fourth-order valence-corrected chi connectivity index (χ4v) is 2.55. The van der Waals surface area contributed by atoms with Crippen molar-refractivity contribution < 1.29 is 13.6 Å². The molecule has 1 rings (SSSR count). The largest absolute Gasteiger partial charge is 0.544 e. The maximum absolute atomic E-state index is 13.4. The van der Waals surface area contributed by atoms with Gasteiger partial charge in [0.15, 0.2) is 5.78 Å². The lowest BCUT2D eigenvalue weighted by Crippen LogP contribution is -2.30. The Hall–Kier alpha value is -0.393. The lowest BCUT2D eigenvalue weighted by atomic mass is 10.1. The minimum absolute atomic E-state index is 0.153. The molecule has 0 saturated carbocycles. The smallest absolute Gasteiger partial charge is 0.242 e. The molecule has 0 saturated heterocycles. The second kappa shape index (κ2) is 5.50. The van der Waals surface area contributed by atoms with Gasteiger partial charge in [-0.2, -0.15) is 0 Å². The summed E-state index contributed by atoms with van der Waals surface area (Å²) in [5.41, 5.74) is 0.315. The van der Waals surface area contributed by atoms with E-state index >= 15 is 0 Å². The number of hydrogen-bond donors (Lipinski definition) is 0. The first kappa shape index (κ1) is 14.7. The number of hydrogen-bond acceptors (Lipinski definition) is 2. The van der Waals surface area contributed by atoms with Gasteiger partial charge in [-0.1, -0.05) is 0 Å². The molecule has 0 amide bonds. The molecule has 0 N–H and O–H groups in total. The molecule has 94 valence electrons. The number of rotatable bonds is 4. The lowest BCUT2D eigenvalue weighted by Gasteiger charge is -2.21. The highest BCUT2D eigenvalue weighted by molar-refractivity contribution is 9.10. The molecule has 0 aromatic heterocycles. The van der Waals surface area contributed by atoms with Crippen molar-refractivity contribution in [2.45, 2.75) is 19.6 Å². The Balaban J connectivity index is 3.26. The van der Waals surface area contributed by atoms with Crippen LogP contribution in [0.15, 0.2) is 16.6 Å². The predicted molar refractivity (Wildman–Crippen MR) is 73.1 cm³/mol. The molecule has 0 bridgehead atoms. The number of halogens is 3. The van der Waals surface area contributed by atoms with Gasteiger partial charge in [0.1, 0.15) is 11.6 Å². The van der Waals surface area contributed by atoms with Gasteiger partial charge in [-0.15, -0.1) is 11.6 Å².